The maximum atomic E-state index is 11.2. The minimum atomic E-state index is -4.72. The Morgan fingerprint density at radius 1 is 1.57 bits per heavy atom. The number of halogens is 2. The van der Waals surface area contributed by atoms with Crippen molar-refractivity contribution in [3.8, 4) is 0 Å². The van der Waals surface area contributed by atoms with Gasteiger partial charge in [0.1, 0.15) is 0 Å². The minimum absolute atomic E-state index is 2.74. The van der Waals surface area contributed by atoms with E-state index in [0.717, 1.165) is 0 Å². The third-order valence-corrected chi connectivity index (χ3v) is 3.03. The van der Waals surface area contributed by atoms with E-state index in [0.29, 0.717) is 0 Å². The van der Waals surface area contributed by atoms with Crippen LogP contribution in [0.4, 0.5) is 7.06 Å². The first-order valence-electron chi connectivity index (χ1n) is 1.14. The van der Waals surface area contributed by atoms with Crippen LogP contribution < -0.4 is 0 Å². The van der Waals surface area contributed by atoms with Crippen LogP contribution in [0.3, 0.4) is 0 Å². The van der Waals surface area contributed by atoms with Crippen LogP contribution in [0.15, 0.2) is 0 Å². The average Bonchev–Trinajstić information content (AvgIpc) is 1.30. The fraction of sp³-hybridized carbons (Fsp3) is 0. The summed E-state index contributed by atoms with van der Waals surface area (Å²) in [4.78, 5) is 15.2. The van der Waals surface area contributed by atoms with Crippen molar-refractivity contribution < 1.29 is 19.7 Å². The molecule has 0 aromatic heterocycles. The van der Waals surface area contributed by atoms with E-state index in [-0.39, 0.29) is 0 Å². The van der Waals surface area contributed by atoms with Gasteiger partial charge in [0, 0.05) is 0 Å². The second-order valence-electron chi connectivity index (χ2n) is 0.641. The molecule has 0 aromatic carbocycles. The normalized spacial score (nSPS) is 12.0. The Hall–Kier alpha value is 0.969. The van der Waals surface area contributed by atoms with E-state index in [1.165, 1.54) is 0 Å². The molecule has 0 rings (SSSR count). The van der Waals surface area contributed by atoms with Gasteiger partial charge in [-0.1, -0.05) is 0 Å². The SMILES string of the molecule is O[P+](O)(F)[O][Sn][F]. The van der Waals surface area contributed by atoms with E-state index in [1.54, 1.807) is 0 Å². The molecule has 7 heteroatoms. The fourth-order valence-electron chi connectivity index (χ4n) is 0.0439. The van der Waals surface area contributed by atoms with Crippen LogP contribution in [0.5, 0.6) is 0 Å². The van der Waals surface area contributed by atoms with Crippen molar-refractivity contribution >= 4 is 30.4 Å². The van der Waals surface area contributed by atoms with Crippen LogP contribution in [-0.4, -0.2) is 31.9 Å². The van der Waals surface area contributed by atoms with Gasteiger partial charge in [-0.2, -0.15) is 0 Å². The van der Waals surface area contributed by atoms with E-state index >= 15 is 0 Å². The summed E-state index contributed by atoms with van der Waals surface area (Å²) in [5.41, 5.74) is 0. The molecule has 2 N–H and O–H groups in total. The van der Waals surface area contributed by atoms with Gasteiger partial charge >= 0.3 is 50.1 Å². The molecule has 0 aliphatic rings. The van der Waals surface area contributed by atoms with E-state index in [4.69, 9.17) is 9.79 Å². The molecule has 0 aromatic rings. The van der Waals surface area contributed by atoms with Crippen molar-refractivity contribution in [1.82, 2.24) is 0 Å². The molecule has 0 bridgehead atoms. The summed E-state index contributed by atoms with van der Waals surface area (Å²) in [6.45, 7) is 0. The topological polar surface area (TPSA) is 49.7 Å². The van der Waals surface area contributed by atoms with Gasteiger partial charge in [-0.15, -0.1) is 0 Å². The van der Waals surface area contributed by atoms with E-state index in [2.05, 4.69) is 2.86 Å². The Morgan fingerprint density at radius 3 is 2.00 bits per heavy atom. The zero-order chi connectivity index (χ0) is 5.91. The number of hydrogen-bond acceptors (Lipinski definition) is 3. The Morgan fingerprint density at radius 2 is 2.00 bits per heavy atom. The molecule has 0 unspecified atom stereocenters. The molecule has 7 heavy (non-hydrogen) atoms. The van der Waals surface area contributed by atoms with Gasteiger partial charge < -0.3 is 0 Å². The molecule has 2 radical (unpaired) electrons. The molecule has 0 saturated carbocycles. The molecule has 3 nitrogen and oxygen atoms in total. The Balaban J connectivity index is 3.15. The van der Waals surface area contributed by atoms with Gasteiger partial charge in [-0.05, 0) is 0 Å². The monoisotopic (exact) mass is 239 g/mol. The van der Waals surface area contributed by atoms with Gasteiger partial charge in [0.05, 0.1) is 0 Å². The fourth-order valence-corrected chi connectivity index (χ4v) is 0.884. The van der Waals surface area contributed by atoms with E-state index in [9.17, 15) is 7.06 Å². The van der Waals surface area contributed by atoms with Crippen LogP contribution >= 0.6 is 8.25 Å². The maximum absolute atomic E-state index is 11.2. The van der Waals surface area contributed by atoms with Crippen LogP contribution in [-0.2, 0) is 2.86 Å². The molecule has 0 amide bonds. The Labute approximate surface area is 50.5 Å². The quantitative estimate of drug-likeness (QED) is 0.531. The van der Waals surface area contributed by atoms with Crippen molar-refractivity contribution in [2.75, 3.05) is 0 Å². The summed E-state index contributed by atoms with van der Waals surface area (Å²) >= 11 is -2.74. The van der Waals surface area contributed by atoms with Crippen molar-refractivity contribution in [3.05, 3.63) is 0 Å². The summed E-state index contributed by atoms with van der Waals surface area (Å²) < 4.78 is 25.4. The molecule has 0 heterocycles. The zero-order valence-corrected chi connectivity index (χ0v) is 6.75. The van der Waals surface area contributed by atoms with Crippen molar-refractivity contribution in [1.29, 1.82) is 0 Å². The molecule has 0 fully saturated rings. The predicted molar refractivity (Wildman–Crippen MR) is 20.4 cm³/mol. The molecule has 0 atom stereocenters. The molecular formula is H2F2O3PSn+. The average molecular weight is 238 g/mol. The first kappa shape index (κ1) is 7.97. The van der Waals surface area contributed by atoms with Crippen molar-refractivity contribution in [2.24, 2.45) is 0 Å². The van der Waals surface area contributed by atoms with Gasteiger partial charge in [0.2, 0.25) is 0 Å². The van der Waals surface area contributed by atoms with Crippen LogP contribution in [0.1, 0.15) is 0 Å². The van der Waals surface area contributed by atoms with E-state index in [1.807, 2.05) is 0 Å². The Kier molecular flexibility index (Phi) is 3.51. The van der Waals surface area contributed by atoms with Crippen LogP contribution in [0.2, 0.25) is 0 Å². The third kappa shape index (κ3) is 6.97. The van der Waals surface area contributed by atoms with E-state index < -0.39 is 30.4 Å². The van der Waals surface area contributed by atoms with Crippen molar-refractivity contribution in [3.63, 3.8) is 0 Å². The Bertz CT molecular complexity index is 51.4. The first-order valence-corrected chi connectivity index (χ1v) is 4.89. The number of rotatable bonds is 2. The summed E-state index contributed by atoms with van der Waals surface area (Å²) in [6, 6.07) is 0. The first-order chi connectivity index (χ1) is 3.06. The van der Waals surface area contributed by atoms with Crippen LogP contribution in [0.25, 0.3) is 0 Å². The van der Waals surface area contributed by atoms with Crippen molar-refractivity contribution in [2.45, 2.75) is 0 Å². The second kappa shape index (κ2) is 3.09. The molecular weight excluding hydrogens is 236 g/mol. The number of hydrogen-bond donors (Lipinski definition) is 2. The van der Waals surface area contributed by atoms with Gasteiger partial charge in [-0.3, -0.25) is 0 Å². The standard InChI is InChI=1S/FH2O3P.FH.Sn/c1-5(2,3)4;;/h(H2,2,3,4);1H;/q;;+2/p-1. The van der Waals surface area contributed by atoms with Gasteiger partial charge in [-0.25, -0.2) is 0 Å². The summed E-state index contributed by atoms with van der Waals surface area (Å²) in [5, 5.41) is 0. The summed E-state index contributed by atoms with van der Waals surface area (Å²) in [7, 11) is -4.72. The molecule has 0 aliphatic heterocycles. The summed E-state index contributed by atoms with van der Waals surface area (Å²) in [6.07, 6.45) is 0. The van der Waals surface area contributed by atoms with Gasteiger partial charge in [0.15, 0.2) is 0 Å². The third-order valence-electron chi connectivity index (χ3n) is 0.151. The zero-order valence-electron chi connectivity index (χ0n) is 3.01. The molecule has 0 saturated heterocycles. The second-order valence-corrected chi connectivity index (χ2v) is 3.77. The van der Waals surface area contributed by atoms with Crippen LogP contribution in [0, 0.1) is 0 Å². The molecule has 42 valence electrons. The van der Waals surface area contributed by atoms with Gasteiger partial charge in [0.25, 0.3) is 0 Å². The molecule has 0 spiro atoms. The predicted octanol–water partition coefficient (Wildman–Crippen LogP) is 0.138. The molecule has 0 aliphatic carbocycles. The summed E-state index contributed by atoms with van der Waals surface area (Å²) in [5.74, 6) is 0.